The van der Waals surface area contributed by atoms with Crippen LogP contribution in [0.15, 0.2) is 0 Å². The van der Waals surface area contributed by atoms with E-state index in [1.54, 1.807) is 0 Å². The molecular weight excluding hydrogens is 302 g/mol. The van der Waals surface area contributed by atoms with Crippen LogP contribution in [0.4, 0.5) is 0 Å². The van der Waals surface area contributed by atoms with Crippen molar-refractivity contribution in [1.82, 2.24) is 0 Å². The van der Waals surface area contributed by atoms with Crippen molar-refractivity contribution in [3.8, 4) is 0 Å². The zero-order valence-corrected chi connectivity index (χ0v) is 8.16. The van der Waals surface area contributed by atoms with Crippen LogP contribution in [0.2, 0.25) is 0 Å². The summed E-state index contributed by atoms with van der Waals surface area (Å²) in [5, 5.41) is 0. The van der Waals surface area contributed by atoms with E-state index >= 15 is 0 Å². The van der Waals surface area contributed by atoms with Gasteiger partial charge in [-0.2, -0.15) is 0 Å². The molecule has 0 rings (SSSR count). The summed E-state index contributed by atoms with van der Waals surface area (Å²) < 4.78 is 16.8. The predicted octanol–water partition coefficient (Wildman–Crippen LogP) is -2.61. The molecule has 6 heavy (non-hydrogen) atoms. The monoisotopic (exact) mass is 304 g/mol. The van der Waals surface area contributed by atoms with Gasteiger partial charge in [-0.05, 0) is 0 Å². The summed E-state index contributed by atoms with van der Waals surface area (Å²) in [6.07, 6.45) is 0. The average molecular weight is 308 g/mol. The van der Waals surface area contributed by atoms with Crippen molar-refractivity contribution >= 4 is 39.6 Å². The molecule has 0 amide bonds. The van der Waals surface area contributed by atoms with Gasteiger partial charge >= 0.3 is 83.2 Å². The van der Waals surface area contributed by atoms with Crippen LogP contribution in [0.1, 0.15) is 0 Å². The first-order valence-corrected chi connectivity index (χ1v) is 3.00. The zero-order valence-electron chi connectivity index (χ0n) is 2.23. The molecule has 0 saturated carbocycles. The van der Waals surface area contributed by atoms with Gasteiger partial charge in [0.05, 0.1) is 0 Å². The zero-order chi connectivity index (χ0) is 4.00. The normalized spacial score (nSPS) is 2.00. The van der Waals surface area contributed by atoms with Crippen LogP contribution in [0.3, 0.4) is 0 Å². The molecule has 0 aliphatic rings. The van der Waals surface area contributed by atoms with Gasteiger partial charge in [-0.1, -0.05) is 0 Å². The first kappa shape index (κ1) is 24.3. The summed E-state index contributed by atoms with van der Waals surface area (Å²) in [7, 11) is 0. The number of hydrogen-bond acceptors (Lipinski definition) is 2. The summed E-state index contributed by atoms with van der Waals surface area (Å²) in [5.41, 5.74) is 0. The van der Waals surface area contributed by atoms with E-state index in [4.69, 9.17) is 7.15 Å². The van der Waals surface area contributed by atoms with Gasteiger partial charge in [0.1, 0.15) is 0 Å². The predicted molar refractivity (Wildman–Crippen MR) is 21.3 cm³/mol. The Morgan fingerprint density at radius 3 is 0.667 bits per heavy atom. The van der Waals surface area contributed by atoms with Crippen LogP contribution in [0.25, 0.3) is 0 Å². The van der Waals surface area contributed by atoms with E-state index in [0.717, 1.165) is 0 Å². The Labute approximate surface area is 82.2 Å². The minimum absolute atomic E-state index is 0. The fourth-order valence-corrected chi connectivity index (χ4v) is 0. The number of rotatable bonds is 0. The van der Waals surface area contributed by atoms with Gasteiger partial charge in [-0.15, -0.1) is 0 Å². The van der Waals surface area contributed by atoms with Crippen molar-refractivity contribution in [2.45, 2.75) is 0 Å². The molecule has 0 aliphatic carbocycles. The average Bonchev–Trinajstić information content (AvgIpc) is 1.50. The molecule has 0 aliphatic heterocycles. The van der Waals surface area contributed by atoms with Crippen molar-refractivity contribution in [2.24, 2.45) is 0 Å². The summed E-state index contributed by atoms with van der Waals surface area (Å²) in [5.74, 6) is 0. The molecule has 28 valence electrons. The Kier molecular flexibility index (Phi) is 240. The minimum atomic E-state index is 0. The van der Waals surface area contributed by atoms with Crippen molar-refractivity contribution < 1.29 is 43.7 Å². The van der Waals surface area contributed by atoms with E-state index in [9.17, 15) is 0 Å². The fourth-order valence-electron chi connectivity index (χ4n) is 0. The molecule has 0 saturated heterocycles. The molecule has 0 aromatic carbocycles. The Balaban J connectivity index is -0.00000000500. The van der Waals surface area contributed by atoms with Crippen LogP contribution < -0.4 is 0 Å². The van der Waals surface area contributed by atoms with Gasteiger partial charge in [0, 0.05) is 0 Å². The van der Waals surface area contributed by atoms with Crippen molar-refractivity contribution in [1.29, 1.82) is 0 Å². The quantitative estimate of drug-likeness (QED) is 0.460. The van der Waals surface area contributed by atoms with Crippen molar-refractivity contribution in [3.63, 3.8) is 0 Å². The SMILES string of the molecule is [GaH3].[GaH3].[O]=[Zn].[O]=[Zn]. The summed E-state index contributed by atoms with van der Waals surface area (Å²) in [6.45, 7) is 0. The Morgan fingerprint density at radius 2 is 0.667 bits per heavy atom. The molecule has 0 atom stereocenters. The number of hydrogen-bond donors (Lipinski definition) is 0. The van der Waals surface area contributed by atoms with Crippen LogP contribution in [0, 0.1) is 0 Å². The maximum absolute atomic E-state index is 8.38. The van der Waals surface area contributed by atoms with E-state index in [-0.39, 0.29) is 76.1 Å². The molecule has 0 bridgehead atoms. The maximum atomic E-state index is 8.38. The second-order valence-electron chi connectivity index (χ2n) is 0. The van der Waals surface area contributed by atoms with Crippen LogP contribution >= 0.6 is 0 Å². The molecule has 0 radical (unpaired) electrons. The first-order valence-electron chi connectivity index (χ1n) is 0.577. The van der Waals surface area contributed by atoms with E-state index in [0.29, 0.717) is 0 Å². The molecular formula is H6Ga2O2Zn2. The topological polar surface area (TPSA) is 34.1 Å². The van der Waals surface area contributed by atoms with Crippen LogP contribution in [0.5, 0.6) is 0 Å². The van der Waals surface area contributed by atoms with Gasteiger partial charge in [0.15, 0.2) is 0 Å². The molecule has 0 N–H and O–H groups in total. The third-order valence-corrected chi connectivity index (χ3v) is 0. The molecule has 6 heteroatoms. The molecule has 0 spiro atoms. The van der Waals surface area contributed by atoms with Gasteiger partial charge in [0.2, 0.25) is 0 Å². The van der Waals surface area contributed by atoms with Gasteiger partial charge in [-0.3, -0.25) is 0 Å². The first-order chi connectivity index (χ1) is 2.00. The second kappa shape index (κ2) is 59.3. The molecule has 2 nitrogen and oxygen atoms in total. The van der Waals surface area contributed by atoms with E-state index in [1.165, 1.54) is 0 Å². The van der Waals surface area contributed by atoms with Crippen molar-refractivity contribution in [3.05, 3.63) is 0 Å². The Hall–Kier alpha value is 2.12. The third-order valence-electron chi connectivity index (χ3n) is 0. The molecule has 0 heterocycles. The van der Waals surface area contributed by atoms with E-state index in [2.05, 4.69) is 0 Å². The Bertz CT molecular complexity index is 11.5. The summed E-state index contributed by atoms with van der Waals surface area (Å²) in [6, 6.07) is 0. The molecule has 0 aromatic rings. The Morgan fingerprint density at radius 1 is 0.667 bits per heavy atom. The molecule has 0 aromatic heterocycles. The third kappa shape index (κ3) is 35.7. The summed E-state index contributed by atoms with van der Waals surface area (Å²) in [4.78, 5) is 0. The molecule has 0 fully saturated rings. The van der Waals surface area contributed by atoms with Crippen LogP contribution in [-0.4, -0.2) is 39.6 Å². The van der Waals surface area contributed by atoms with Gasteiger partial charge in [0.25, 0.3) is 0 Å². The van der Waals surface area contributed by atoms with E-state index in [1.807, 2.05) is 0 Å². The second-order valence-corrected chi connectivity index (χ2v) is 0. The van der Waals surface area contributed by atoms with Gasteiger partial charge < -0.3 is 0 Å². The standard InChI is InChI=1S/2Ga.2O.2Zn.6H. The van der Waals surface area contributed by atoms with Gasteiger partial charge in [-0.25, -0.2) is 0 Å². The summed E-state index contributed by atoms with van der Waals surface area (Å²) >= 11 is 0.250. The van der Waals surface area contributed by atoms with Crippen LogP contribution in [-0.2, 0) is 43.7 Å². The van der Waals surface area contributed by atoms with E-state index < -0.39 is 0 Å². The van der Waals surface area contributed by atoms with Crippen molar-refractivity contribution in [2.75, 3.05) is 0 Å². The molecule has 0 unspecified atom stereocenters. The fraction of sp³-hybridized carbons (Fsp3) is 0.